The number of hydrogen-bond acceptors (Lipinski definition) is 15. The molecule has 0 rings (SSSR count). The lowest BCUT2D eigenvalue weighted by Gasteiger charge is -2.21. The maximum atomic E-state index is 13.2. The molecule has 630 valence electrons. The summed E-state index contributed by atoms with van der Waals surface area (Å²) in [5.74, 6) is 0.412. The van der Waals surface area contributed by atoms with Crippen LogP contribution in [-0.2, 0) is 65.4 Å². The van der Waals surface area contributed by atoms with Crippen LogP contribution in [0.5, 0.6) is 0 Å². The van der Waals surface area contributed by atoms with E-state index in [1.165, 1.54) is 270 Å². The van der Waals surface area contributed by atoms with Crippen molar-refractivity contribution >= 4 is 39.5 Å². The van der Waals surface area contributed by atoms with Crippen molar-refractivity contribution in [3.63, 3.8) is 0 Å². The van der Waals surface area contributed by atoms with Crippen molar-refractivity contribution in [2.75, 3.05) is 39.6 Å². The summed E-state index contributed by atoms with van der Waals surface area (Å²) >= 11 is 0. The SMILES string of the molecule is CCCCCCCCCCCC(=O)OC[C@H](COP(=O)(O)OC[C@H](O)COP(=O)(O)OC[C@@H](COC(=O)CCCCCCCCCCCCCCCCC(C)CC)OC(=O)CCCCCCCCCCCCCCCCCCCCC(C)CC)OC(=O)CCCCCCCCCCCCCCCCC(C)C. The average molecular weight is 1550 g/mol. The predicted molar refractivity (Wildman–Crippen MR) is 437 cm³/mol. The van der Waals surface area contributed by atoms with Gasteiger partial charge in [0.2, 0.25) is 0 Å². The molecule has 0 aromatic carbocycles. The normalized spacial score (nSPS) is 14.4. The Morgan fingerprint density at radius 2 is 0.481 bits per heavy atom. The highest BCUT2D eigenvalue weighted by Crippen LogP contribution is 2.45. The second kappa shape index (κ2) is 77.0. The van der Waals surface area contributed by atoms with Gasteiger partial charge in [0.25, 0.3) is 0 Å². The molecule has 7 atom stereocenters. The van der Waals surface area contributed by atoms with Gasteiger partial charge in [-0.2, -0.15) is 0 Å². The Bertz CT molecular complexity index is 2050. The largest absolute Gasteiger partial charge is 0.472 e. The van der Waals surface area contributed by atoms with E-state index in [4.69, 9.17) is 37.0 Å². The van der Waals surface area contributed by atoms with Crippen LogP contribution in [-0.4, -0.2) is 96.7 Å². The molecule has 106 heavy (non-hydrogen) atoms. The Morgan fingerprint density at radius 3 is 0.717 bits per heavy atom. The summed E-state index contributed by atoms with van der Waals surface area (Å²) in [4.78, 5) is 73.2. The molecule has 0 amide bonds. The first kappa shape index (κ1) is 104. The van der Waals surface area contributed by atoms with E-state index in [2.05, 4.69) is 48.5 Å². The average Bonchev–Trinajstić information content (AvgIpc) is 0.900. The van der Waals surface area contributed by atoms with Gasteiger partial charge in [0.15, 0.2) is 12.2 Å². The van der Waals surface area contributed by atoms with Crippen LogP contribution in [0.3, 0.4) is 0 Å². The second-order valence-electron chi connectivity index (χ2n) is 32.2. The van der Waals surface area contributed by atoms with E-state index in [1.807, 2.05) is 0 Å². The monoisotopic (exact) mass is 1550 g/mol. The van der Waals surface area contributed by atoms with Gasteiger partial charge < -0.3 is 33.8 Å². The maximum Gasteiger partial charge on any atom is 0.472 e. The molecule has 0 bridgehead atoms. The summed E-state index contributed by atoms with van der Waals surface area (Å²) in [7, 11) is -9.93. The Hall–Kier alpha value is -1.94. The lowest BCUT2D eigenvalue weighted by atomic mass is 9.99. The fourth-order valence-corrected chi connectivity index (χ4v) is 15.1. The molecule has 4 unspecified atom stereocenters. The Morgan fingerprint density at radius 1 is 0.274 bits per heavy atom. The minimum atomic E-state index is -4.97. The molecule has 0 saturated carbocycles. The molecule has 17 nitrogen and oxygen atoms in total. The Balaban J connectivity index is 5.21. The van der Waals surface area contributed by atoms with E-state index in [1.54, 1.807) is 0 Å². The van der Waals surface area contributed by atoms with Gasteiger partial charge in [0.1, 0.15) is 19.3 Å². The zero-order valence-electron chi connectivity index (χ0n) is 69.9. The van der Waals surface area contributed by atoms with Gasteiger partial charge >= 0.3 is 39.5 Å². The van der Waals surface area contributed by atoms with E-state index in [9.17, 15) is 43.2 Å². The summed E-state index contributed by atoms with van der Waals surface area (Å²) in [6.07, 6.45) is 67.9. The topological polar surface area (TPSA) is 237 Å². The number of rotatable bonds is 85. The highest BCUT2D eigenvalue weighted by Gasteiger charge is 2.31. The number of phosphoric ester groups is 2. The van der Waals surface area contributed by atoms with Crippen molar-refractivity contribution in [2.24, 2.45) is 17.8 Å². The van der Waals surface area contributed by atoms with Gasteiger partial charge in [0.05, 0.1) is 26.4 Å². The molecule has 0 spiro atoms. The van der Waals surface area contributed by atoms with E-state index in [0.717, 1.165) is 108 Å². The first-order valence-electron chi connectivity index (χ1n) is 44.9. The molecule has 0 heterocycles. The molecule has 0 radical (unpaired) electrons. The smallest absolute Gasteiger partial charge is 0.462 e. The zero-order chi connectivity index (χ0) is 77.9. The van der Waals surface area contributed by atoms with Crippen molar-refractivity contribution in [3.8, 4) is 0 Å². The number of unbranched alkanes of at least 4 members (excludes halogenated alkanes) is 51. The minimum absolute atomic E-state index is 0.108. The van der Waals surface area contributed by atoms with Gasteiger partial charge in [0, 0.05) is 25.7 Å². The van der Waals surface area contributed by atoms with Crippen LogP contribution in [0.1, 0.15) is 459 Å². The number of aliphatic hydroxyl groups is 1. The van der Waals surface area contributed by atoms with Crippen molar-refractivity contribution in [3.05, 3.63) is 0 Å². The van der Waals surface area contributed by atoms with E-state index >= 15 is 0 Å². The third-order valence-electron chi connectivity index (χ3n) is 21.1. The summed E-state index contributed by atoms with van der Waals surface area (Å²) < 4.78 is 68.9. The van der Waals surface area contributed by atoms with Crippen LogP contribution in [0.15, 0.2) is 0 Å². The number of aliphatic hydroxyl groups excluding tert-OH is 1. The first-order chi connectivity index (χ1) is 51.3. The second-order valence-corrected chi connectivity index (χ2v) is 35.1. The Labute approximate surface area is 651 Å². The van der Waals surface area contributed by atoms with Crippen LogP contribution >= 0.6 is 15.6 Å². The van der Waals surface area contributed by atoms with Crippen LogP contribution in [0, 0.1) is 17.8 Å². The minimum Gasteiger partial charge on any atom is -0.462 e. The molecule has 19 heteroatoms. The van der Waals surface area contributed by atoms with Crippen LogP contribution in [0.25, 0.3) is 0 Å². The number of esters is 4. The van der Waals surface area contributed by atoms with Gasteiger partial charge in [-0.05, 0) is 43.4 Å². The molecule has 0 aliphatic rings. The zero-order valence-corrected chi connectivity index (χ0v) is 71.7. The van der Waals surface area contributed by atoms with Gasteiger partial charge in [-0.25, -0.2) is 9.13 Å². The van der Waals surface area contributed by atoms with E-state index < -0.39 is 97.5 Å². The molecule has 0 fully saturated rings. The number of phosphoric acid groups is 2. The fraction of sp³-hybridized carbons (Fsp3) is 0.954. The molecule has 0 aromatic heterocycles. The van der Waals surface area contributed by atoms with Crippen LogP contribution in [0.2, 0.25) is 0 Å². The number of carbonyl (C=O) groups is 4. The lowest BCUT2D eigenvalue weighted by Crippen LogP contribution is -2.30. The third-order valence-corrected chi connectivity index (χ3v) is 23.0. The summed E-state index contributed by atoms with van der Waals surface area (Å²) in [5, 5.41) is 10.7. The highest BCUT2D eigenvalue weighted by molar-refractivity contribution is 7.47. The third kappa shape index (κ3) is 77.4. The van der Waals surface area contributed by atoms with E-state index in [-0.39, 0.29) is 25.7 Å². The molecule has 0 aliphatic heterocycles. The quantitative estimate of drug-likeness (QED) is 0.0222. The van der Waals surface area contributed by atoms with Crippen LogP contribution < -0.4 is 0 Å². The predicted octanol–water partition coefficient (Wildman–Crippen LogP) is 26.5. The molecular weight excluding hydrogens is 1380 g/mol. The molecule has 3 N–H and O–H groups in total. The van der Waals surface area contributed by atoms with E-state index in [0.29, 0.717) is 25.7 Å². The summed E-state index contributed by atoms with van der Waals surface area (Å²) in [6, 6.07) is 0. The maximum absolute atomic E-state index is 13.2. The lowest BCUT2D eigenvalue weighted by molar-refractivity contribution is -0.161. The standard InChI is InChI=1S/C87H170O17P2/c1-8-11-12-13-14-37-47-54-61-68-84(89)97-74-82(103-86(91)71-64-57-50-43-36-30-23-21-25-31-38-44-51-58-65-78(4)5)76-101-105(93,94)99-72-81(88)73-100-106(95,96)102-77-83(75-98-85(90)69-62-55-48-41-34-28-24-22-27-33-40-46-53-60-67-80(7)10-3)104-87(92)70-63-56-49-42-35-29-20-18-16-15-17-19-26-32-39-45-52-59-66-79(6)9-2/h78-83,88H,8-77H2,1-7H3,(H,93,94)(H,95,96)/t79?,80?,81-,82+,83+/m0/s1. The summed E-state index contributed by atoms with van der Waals surface area (Å²) in [5.41, 5.74) is 0. The van der Waals surface area contributed by atoms with Crippen molar-refractivity contribution in [2.45, 2.75) is 478 Å². The molecule has 0 aliphatic carbocycles. The molecular formula is C87H170O17P2. The number of carbonyl (C=O) groups excluding carboxylic acids is 4. The van der Waals surface area contributed by atoms with Gasteiger partial charge in [-0.15, -0.1) is 0 Å². The number of hydrogen-bond donors (Lipinski definition) is 3. The van der Waals surface area contributed by atoms with Crippen molar-refractivity contribution < 1.29 is 80.2 Å². The fourth-order valence-electron chi connectivity index (χ4n) is 13.5. The molecule has 0 aromatic rings. The Kier molecular flexibility index (Phi) is 75.6. The highest BCUT2D eigenvalue weighted by atomic mass is 31.2. The molecule has 0 saturated heterocycles. The van der Waals surface area contributed by atoms with Crippen LogP contribution in [0.4, 0.5) is 0 Å². The van der Waals surface area contributed by atoms with Gasteiger partial charge in [-0.1, -0.05) is 408 Å². The van der Waals surface area contributed by atoms with Crippen molar-refractivity contribution in [1.82, 2.24) is 0 Å². The van der Waals surface area contributed by atoms with Crippen molar-refractivity contribution in [1.29, 1.82) is 0 Å². The first-order valence-corrected chi connectivity index (χ1v) is 47.9. The number of ether oxygens (including phenoxy) is 4. The summed E-state index contributed by atoms with van der Waals surface area (Å²) in [6.45, 7) is 12.1. The van der Waals surface area contributed by atoms with Gasteiger partial charge in [-0.3, -0.25) is 37.3 Å².